The SMILES string of the molecule is CCc1cccc(C)c1NC(=O)COC(=O)/C=C/c1c(C)nn(-c2ccccc2)c1Cl. The van der Waals surface area contributed by atoms with Crippen LogP contribution in [0.5, 0.6) is 0 Å². The third-order valence-corrected chi connectivity index (χ3v) is 5.15. The zero-order chi connectivity index (χ0) is 22.4. The van der Waals surface area contributed by atoms with Gasteiger partial charge in [0.05, 0.1) is 11.4 Å². The van der Waals surface area contributed by atoms with Crippen LogP contribution >= 0.6 is 11.6 Å². The van der Waals surface area contributed by atoms with E-state index in [1.54, 1.807) is 17.7 Å². The Labute approximate surface area is 186 Å². The molecule has 0 bridgehead atoms. The molecule has 0 atom stereocenters. The number of halogens is 1. The summed E-state index contributed by atoms with van der Waals surface area (Å²) >= 11 is 6.44. The van der Waals surface area contributed by atoms with E-state index in [1.165, 1.54) is 6.08 Å². The predicted octanol–water partition coefficient (Wildman–Crippen LogP) is 4.90. The lowest BCUT2D eigenvalue weighted by atomic mass is 10.1. The Bertz CT molecular complexity index is 1120. The van der Waals surface area contributed by atoms with Gasteiger partial charge in [-0.1, -0.05) is 54.9 Å². The van der Waals surface area contributed by atoms with Crippen LogP contribution in [0.3, 0.4) is 0 Å². The zero-order valence-corrected chi connectivity index (χ0v) is 18.4. The molecule has 0 fully saturated rings. The molecule has 0 unspecified atom stereocenters. The van der Waals surface area contributed by atoms with Gasteiger partial charge in [0.25, 0.3) is 5.91 Å². The summed E-state index contributed by atoms with van der Waals surface area (Å²) in [6.45, 7) is 5.36. The molecule has 1 heterocycles. The topological polar surface area (TPSA) is 73.2 Å². The number of aryl methyl sites for hydroxylation is 3. The molecule has 0 saturated carbocycles. The number of ether oxygens (including phenoxy) is 1. The number of amides is 1. The minimum Gasteiger partial charge on any atom is -0.452 e. The Morgan fingerprint density at radius 2 is 1.87 bits per heavy atom. The minimum atomic E-state index is -0.640. The Balaban J connectivity index is 1.62. The number of anilines is 1. The van der Waals surface area contributed by atoms with Crippen LogP contribution in [0.4, 0.5) is 5.69 Å². The van der Waals surface area contributed by atoms with Crippen molar-refractivity contribution in [3.63, 3.8) is 0 Å². The molecule has 0 spiro atoms. The van der Waals surface area contributed by atoms with Gasteiger partial charge in [0.1, 0.15) is 5.15 Å². The molecule has 0 aliphatic carbocycles. The molecule has 160 valence electrons. The van der Waals surface area contributed by atoms with Crippen LogP contribution < -0.4 is 5.32 Å². The van der Waals surface area contributed by atoms with Gasteiger partial charge >= 0.3 is 5.97 Å². The molecule has 3 aromatic rings. The Kier molecular flexibility index (Phi) is 7.26. The molecular formula is C24H24ClN3O3. The number of nitrogens with one attached hydrogen (secondary N) is 1. The first-order valence-corrected chi connectivity index (χ1v) is 10.3. The quantitative estimate of drug-likeness (QED) is 0.421. The number of nitrogens with zero attached hydrogens (tertiary/aromatic N) is 2. The predicted molar refractivity (Wildman–Crippen MR) is 122 cm³/mol. The molecule has 31 heavy (non-hydrogen) atoms. The van der Waals surface area contributed by atoms with E-state index in [1.807, 2.05) is 62.4 Å². The van der Waals surface area contributed by atoms with Crippen LogP contribution in [-0.4, -0.2) is 28.3 Å². The van der Waals surface area contributed by atoms with Crippen molar-refractivity contribution in [2.24, 2.45) is 0 Å². The average molecular weight is 438 g/mol. The molecule has 1 N–H and O–H groups in total. The summed E-state index contributed by atoms with van der Waals surface area (Å²) in [7, 11) is 0. The number of hydrogen-bond acceptors (Lipinski definition) is 4. The Morgan fingerprint density at radius 1 is 1.13 bits per heavy atom. The maximum Gasteiger partial charge on any atom is 0.331 e. The first kappa shape index (κ1) is 22.3. The van der Waals surface area contributed by atoms with E-state index in [-0.39, 0.29) is 6.61 Å². The van der Waals surface area contributed by atoms with Crippen LogP contribution in [0.15, 0.2) is 54.6 Å². The number of benzene rings is 2. The maximum absolute atomic E-state index is 12.2. The van der Waals surface area contributed by atoms with Gasteiger partial charge in [0, 0.05) is 17.3 Å². The molecular weight excluding hydrogens is 414 g/mol. The number of aromatic nitrogens is 2. The first-order chi connectivity index (χ1) is 14.9. The van der Waals surface area contributed by atoms with Crippen molar-refractivity contribution < 1.29 is 14.3 Å². The van der Waals surface area contributed by atoms with Gasteiger partial charge in [0.2, 0.25) is 0 Å². The van der Waals surface area contributed by atoms with Gasteiger partial charge in [-0.25, -0.2) is 9.48 Å². The van der Waals surface area contributed by atoms with Gasteiger partial charge in [-0.2, -0.15) is 5.10 Å². The Morgan fingerprint density at radius 3 is 2.58 bits per heavy atom. The van der Waals surface area contributed by atoms with Crippen molar-refractivity contribution in [3.05, 3.63) is 82.1 Å². The van der Waals surface area contributed by atoms with Crippen LogP contribution in [0.25, 0.3) is 11.8 Å². The summed E-state index contributed by atoms with van der Waals surface area (Å²) in [5, 5.41) is 7.63. The van der Waals surface area contributed by atoms with Gasteiger partial charge in [-0.15, -0.1) is 0 Å². The van der Waals surface area contributed by atoms with Crippen LogP contribution in [0, 0.1) is 13.8 Å². The fourth-order valence-corrected chi connectivity index (χ4v) is 3.49. The summed E-state index contributed by atoms with van der Waals surface area (Å²) in [6, 6.07) is 15.3. The standard InChI is InChI=1S/C24H24ClN3O3/c1-4-18-10-8-9-16(2)23(18)26-21(29)15-31-22(30)14-13-20-17(3)27-28(24(20)25)19-11-6-5-7-12-19/h5-14H,4,15H2,1-3H3,(H,26,29)/b14-13+. The van der Waals surface area contributed by atoms with Gasteiger partial charge in [0.15, 0.2) is 6.61 Å². The van der Waals surface area contributed by atoms with E-state index in [4.69, 9.17) is 16.3 Å². The molecule has 0 radical (unpaired) electrons. The summed E-state index contributed by atoms with van der Waals surface area (Å²) in [6.07, 6.45) is 3.57. The van der Waals surface area contributed by atoms with E-state index in [0.29, 0.717) is 16.4 Å². The lowest BCUT2D eigenvalue weighted by Crippen LogP contribution is -2.21. The highest BCUT2D eigenvalue weighted by Gasteiger charge is 2.14. The van der Waals surface area contributed by atoms with E-state index in [2.05, 4.69) is 10.4 Å². The van der Waals surface area contributed by atoms with Crippen LogP contribution in [-0.2, 0) is 20.7 Å². The fraction of sp³-hybridized carbons (Fsp3) is 0.208. The number of rotatable bonds is 7. The van der Waals surface area contributed by atoms with E-state index in [0.717, 1.165) is 28.9 Å². The molecule has 1 amide bonds. The first-order valence-electron chi connectivity index (χ1n) is 9.94. The van der Waals surface area contributed by atoms with Crippen molar-refractivity contribution in [1.82, 2.24) is 9.78 Å². The lowest BCUT2D eigenvalue weighted by molar-refractivity contribution is -0.142. The summed E-state index contributed by atoms with van der Waals surface area (Å²) in [5.74, 6) is -1.03. The van der Waals surface area contributed by atoms with Crippen molar-refractivity contribution in [2.75, 3.05) is 11.9 Å². The second kappa shape index (κ2) is 10.1. The highest BCUT2D eigenvalue weighted by molar-refractivity contribution is 6.31. The highest BCUT2D eigenvalue weighted by atomic mass is 35.5. The molecule has 2 aromatic carbocycles. The number of hydrogen-bond donors (Lipinski definition) is 1. The highest BCUT2D eigenvalue weighted by Crippen LogP contribution is 2.24. The van der Waals surface area contributed by atoms with Crippen LogP contribution in [0.2, 0.25) is 5.15 Å². The van der Waals surface area contributed by atoms with E-state index < -0.39 is 11.9 Å². The van der Waals surface area contributed by atoms with E-state index in [9.17, 15) is 9.59 Å². The molecule has 3 rings (SSSR count). The third-order valence-electron chi connectivity index (χ3n) is 4.78. The third kappa shape index (κ3) is 5.41. The fourth-order valence-electron chi connectivity index (χ4n) is 3.15. The van der Waals surface area contributed by atoms with Gasteiger partial charge in [-0.3, -0.25) is 4.79 Å². The van der Waals surface area contributed by atoms with Crippen LogP contribution in [0.1, 0.15) is 29.3 Å². The van der Waals surface area contributed by atoms with E-state index >= 15 is 0 Å². The summed E-state index contributed by atoms with van der Waals surface area (Å²) in [4.78, 5) is 24.3. The number of carbonyl (C=O) groups is 2. The van der Waals surface area contributed by atoms with Crippen molar-refractivity contribution in [2.45, 2.75) is 27.2 Å². The number of para-hydroxylation sites is 2. The van der Waals surface area contributed by atoms with Gasteiger partial charge < -0.3 is 10.1 Å². The smallest absolute Gasteiger partial charge is 0.331 e. The normalized spacial score (nSPS) is 11.0. The van der Waals surface area contributed by atoms with Crippen molar-refractivity contribution in [1.29, 1.82) is 0 Å². The maximum atomic E-state index is 12.2. The summed E-state index contributed by atoms with van der Waals surface area (Å²) < 4.78 is 6.67. The second-order valence-corrected chi connectivity index (χ2v) is 7.35. The molecule has 0 saturated heterocycles. The summed E-state index contributed by atoms with van der Waals surface area (Å²) in [5.41, 5.74) is 4.84. The number of carbonyl (C=O) groups excluding carboxylic acids is 2. The monoisotopic (exact) mass is 437 g/mol. The number of esters is 1. The average Bonchev–Trinajstić information content (AvgIpc) is 3.06. The molecule has 0 aliphatic rings. The minimum absolute atomic E-state index is 0.378. The molecule has 7 heteroatoms. The zero-order valence-electron chi connectivity index (χ0n) is 17.7. The molecule has 0 aliphatic heterocycles. The molecule has 1 aromatic heterocycles. The van der Waals surface area contributed by atoms with Crippen molar-refractivity contribution >= 4 is 35.2 Å². The van der Waals surface area contributed by atoms with Crippen molar-refractivity contribution in [3.8, 4) is 5.69 Å². The Hall–Kier alpha value is -3.38. The lowest BCUT2D eigenvalue weighted by Gasteiger charge is -2.12. The molecule has 6 nitrogen and oxygen atoms in total. The second-order valence-electron chi connectivity index (χ2n) is 6.99. The largest absolute Gasteiger partial charge is 0.452 e. The van der Waals surface area contributed by atoms with Gasteiger partial charge in [-0.05, 0) is 49.6 Å².